The number of allylic oxidation sites excluding steroid dienone is 1. The molecular formula is C13H21NO. The molecule has 3 atom stereocenters. The highest BCUT2D eigenvalue weighted by Crippen LogP contribution is 2.43. The third kappa shape index (κ3) is 1.55. The first-order chi connectivity index (χ1) is 7.33. The van der Waals surface area contributed by atoms with Crippen molar-refractivity contribution in [1.29, 1.82) is 0 Å². The molecule has 84 valence electrons. The molecule has 0 aromatic carbocycles. The predicted octanol–water partition coefficient (Wildman–Crippen LogP) is 2.11. The number of methoxy groups -OCH3 is 1. The Morgan fingerprint density at radius 1 is 1.47 bits per heavy atom. The maximum atomic E-state index is 5.62. The molecule has 0 amide bonds. The van der Waals surface area contributed by atoms with Gasteiger partial charge in [-0.1, -0.05) is 12.2 Å². The molecule has 1 N–H and O–H groups in total. The van der Waals surface area contributed by atoms with E-state index in [-0.39, 0.29) is 5.60 Å². The van der Waals surface area contributed by atoms with Crippen LogP contribution in [0.25, 0.3) is 0 Å². The van der Waals surface area contributed by atoms with Crippen LogP contribution in [0.2, 0.25) is 0 Å². The number of rotatable bonds is 4. The second-order valence-corrected chi connectivity index (χ2v) is 5.47. The van der Waals surface area contributed by atoms with Crippen molar-refractivity contribution in [3.05, 3.63) is 12.2 Å². The van der Waals surface area contributed by atoms with E-state index >= 15 is 0 Å². The van der Waals surface area contributed by atoms with Gasteiger partial charge in [-0.25, -0.2) is 0 Å². The molecule has 2 heteroatoms. The summed E-state index contributed by atoms with van der Waals surface area (Å²) in [6.07, 6.45) is 11.3. The van der Waals surface area contributed by atoms with Crippen LogP contribution in [0.5, 0.6) is 0 Å². The first-order valence-electron chi connectivity index (χ1n) is 6.28. The van der Waals surface area contributed by atoms with Gasteiger partial charge in [-0.15, -0.1) is 0 Å². The Kier molecular flexibility index (Phi) is 2.37. The molecule has 0 spiro atoms. The fraction of sp³-hybridized carbons (Fsp3) is 0.846. The lowest BCUT2D eigenvalue weighted by Gasteiger charge is -2.46. The molecule has 3 aliphatic carbocycles. The standard InChI is InChI=1S/C13H21NO/c1-15-13(6-3-7-13)9-14-12-8-10-4-2-5-11(10)12/h2,5,10-12,14H,3-4,6-9H2,1H3. The highest BCUT2D eigenvalue weighted by molar-refractivity contribution is 5.13. The second-order valence-electron chi connectivity index (χ2n) is 5.47. The smallest absolute Gasteiger partial charge is 0.0802 e. The molecule has 3 aliphatic rings. The van der Waals surface area contributed by atoms with E-state index in [9.17, 15) is 0 Å². The van der Waals surface area contributed by atoms with Crippen LogP contribution in [0.15, 0.2) is 12.2 Å². The molecule has 0 aromatic rings. The average molecular weight is 207 g/mol. The summed E-state index contributed by atoms with van der Waals surface area (Å²) in [7, 11) is 1.86. The lowest BCUT2D eigenvalue weighted by atomic mass is 9.70. The lowest BCUT2D eigenvalue weighted by Crippen LogP contribution is -2.55. The molecule has 3 rings (SSSR count). The minimum absolute atomic E-state index is 0.188. The zero-order valence-corrected chi connectivity index (χ0v) is 9.54. The Labute approximate surface area is 92.1 Å². The molecule has 2 fully saturated rings. The van der Waals surface area contributed by atoms with E-state index in [1.165, 1.54) is 32.1 Å². The van der Waals surface area contributed by atoms with Gasteiger partial charge in [0.2, 0.25) is 0 Å². The summed E-state index contributed by atoms with van der Waals surface area (Å²) in [6.45, 7) is 1.06. The van der Waals surface area contributed by atoms with Crippen molar-refractivity contribution in [3.8, 4) is 0 Å². The van der Waals surface area contributed by atoms with Crippen molar-refractivity contribution in [2.24, 2.45) is 11.8 Å². The fourth-order valence-electron chi connectivity index (χ4n) is 3.29. The number of hydrogen-bond donors (Lipinski definition) is 1. The van der Waals surface area contributed by atoms with Crippen LogP contribution in [-0.4, -0.2) is 25.3 Å². The van der Waals surface area contributed by atoms with Crippen LogP contribution in [0.4, 0.5) is 0 Å². The van der Waals surface area contributed by atoms with Gasteiger partial charge in [0.05, 0.1) is 5.60 Å². The Balaban J connectivity index is 1.48. The van der Waals surface area contributed by atoms with Gasteiger partial charge in [0.25, 0.3) is 0 Å². The quantitative estimate of drug-likeness (QED) is 0.713. The molecule has 2 saturated carbocycles. The van der Waals surface area contributed by atoms with Crippen molar-refractivity contribution in [2.45, 2.75) is 43.7 Å². The van der Waals surface area contributed by atoms with Crippen LogP contribution in [0, 0.1) is 11.8 Å². The summed E-state index contributed by atoms with van der Waals surface area (Å²) < 4.78 is 5.62. The van der Waals surface area contributed by atoms with E-state index < -0.39 is 0 Å². The third-order valence-corrected chi connectivity index (χ3v) is 4.75. The Morgan fingerprint density at radius 2 is 2.33 bits per heavy atom. The number of ether oxygens (including phenoxy) is 1. The molecule has 3 unspecified atom stereocenters. The topological polar surface area (TPSA) is 21.3 Å². The second kappa shape index (κ2) is 3.60. The van der Waals surface area contributed by atoms with Gasteiger partial charge in [0.15, 0.2) is 0 Å². The number of hydrogen-bond acceptors (Lipinski definition) is 2. The molecular weight excluding hydrogens is 186 g/mol. The lowest BCUT2D eigenvalue weighted by molar-refractivity contribution is -0.0744. The summed E-state index contributed by atoms with van der Waals surface area (Å²) >= 11 is 0. The van der Waals surface area contributed by atoms with Crippen LogP contribution in [-0.2, 0) is 4.74 Å². The summed E-state index contributed by atoms with van der Waals surface area (Å²) in [4.78, 5) is 0. The molecule has 15 heavy (non-hydrogen) atoms. The highest BCUT2D eigenvalue weighted by atomic mass is 16.5. The first kappa shape index (κ1) is 9.86. The van der Waals surface area contributed by atoms with Gasteiger partial charge in [-0.05, 0) is 43.9 Å². The van der Waals surface area contributed by atoms with Crippen LogP contribution in [0.1, 0.15) is 32.1 Å². The maximum absolute atomic E-state index is 5.62. The zero-order chi connectivity index (χ0) is 10.3. The minimum atomic E-state index is 0.188. The van der Waals surface area contributed by atoms with Crippen molar-refractivity contribution in [2.75, 3.05) is 13.7 Å². The molecule has 2 nitrogen and oxygen atoms in total. The van der Waals surface area contributed by atoms with E-state index in [1.54, 1.807) is 0 Å². The van der Waals surface area contributed by atoms with Gasteiger partial charge in [0.1, 0.15) is 0 Å². The van der Waals surface area contributed by atoms with Gasteiger partial charge in [0, 0.05) is 19.7 Å². The number of nitrogens with one attached hydrogen (secondary N) is 1. The summed E-state index contributed by atoms with van der Waals surface area (Å²) in [5.41, 5.74) is 0.188. The van der Waals surface area contributed by atoms with Crippen LogP contribution >= 0.6 is 0 Å². The summed E-state index contributed by atoms with van der Waals surface area (Å²) in [5, 5.41) is 3.71. The third-order valence-electron chi connectivity index (χ3n) is 4.75. The largest absolute Gasteiger partial charge is 0.377 e. The van der Waals surface area contributed by atoms with E-state index in [1.807, 2.05) is 7.11 Å². The summed E-state index contributed by atoms with van der Waals surface area (Å²) in [6, 6.07) is 0.737. The van der Waals surface area contributed by atoms with Gasteiger partial charge in [-0.3, -0.25) is 0 Å². The maximum Gasteiger partial charge on any atom is 0.0802 e. The van der Waals surface area contributed by atoms with Crippen LogP contribution in [0.3, 0.4) is 0 Å². The Hall–Kier alpha value is -0.340. The van der Waals surface area contributed by atoms with Gasteiger partial charge < -0.3 is 10.1 Å². The van der Waals surface area contributed by atoms with Crippen molar-refractivity contribution in [3.63, 3.8) is 0 Å². The molecule has 0 aliphatic heterocycles. The monoisotopic (exact) mass is 207 g/mol. The average Bonchev–Trinajstić information content (AvgIpc) is 2.52. The molecule has 0 radical (unpaired) electrons. The highest BCUT2D eigenvalue weighted by Gasteiger charge is 2.43. The van der Waals surface area contributed by atoms with E-state index in [0.29, 0.717) is 0 Å². The summed E-state index contributed by atoms with van der Waals surface area (Å²) in [5.74, 6) is 1.79. The van der Waals surface area contributed by atoms with Crippen molar-refractivity contribution in [1.82, 2.24) is 5.32 Å². The molecule has 0 bridgehead atoms. The van der Waals surface area contributed by atoms with Crippen LogP contribution < -0.4 is 5.32 Å². The van der Waals surface area contributed by atoms with E-state index in [0.717, 1.165) is 24.4 Å². The fourth-order valence-corrected chi connectivity index (χ4v) is 3.29. The van der Waals surface area contributed by atoms with E-state index in [4.69, 9.17) is 4.74 Å². The molecule has 0 heterocycles. The Morgan fingerprint density at radius 3 is 2.93 bits per heavy atom. The molecule has 0 saturated heterocycles. The van der Waals surface area contributed by atoms with Crippen molar-refractivity contribution < 1.29 is 4.74 Å². The van der Waals surface area contributed by atoms with Gasteiger partial charge in [-0.2, -0.15) is 0 Å². The predicted molar refractivity (Wildman–Crippen MR) is 60.7 cm³/mol. The van der Waals surface area contributed by atoms with Crippen molar-refractivity contribution >= 4 is 0 Å². The Bertz CT molecular complexity index is 264. The normalized spacial score (nSPS) is 40.7. The molecule has 0 aromatic heterocycles. The van der Waals surface area contributed by atoms with Gasteiger partial charge >= 0.3 is 0 Å². The SMILES string of the molecule is COC1(CNC2CC3CC=CC32)CCC1. The van der Waals surface area contributed by atoms with E-state index in [2.05, 4.69) is 17.5 Å². The number of fused-ring (bicyclic) bond motifs is 1. The zero-order valence-electron chi connectivity index (χ0n) is 9.54. The first-order valence-corrected chi connectivity index (χ1v) is 6.28. The minimum Gasteiger partial charge on any atom is -0.377 e.